The molecule has 4 heterocycles. The Morgan fingerprint density at radius 1 is 0.515 bits per heavy atom. The summed E-state index contributed by atoms with van der Waals surface area (Å²) in [5, 5.41) is 6.17. The molecule has 0 fully saturated rings. The van der Waals surface area contributed by atoms with Crippen molar-refractivity contribution < 1.29 is 0 Å². The molecule has 10 aromatic rings. The van der Waals surface area contributed by atoms with E-state index in [1.807, 2.05) is 22.7 Å². The van der Waals surface area contributed by atoms with E-state index in [-0.39, 0.29) is 23.1 Å². The van der Waals surface area contributed by atoms with Gasteiger partial charge in [-0.15, -0.1) is 22.7 Å². The van der Waals surface area contributed by atoms with Crippen molar-refractivity contribution in [3.8, 4) is 33.4 Å². The van der Waals surface area contributed by atoms with Crippen LogP contribution in [0.4, 0.5) is 28.4 Å². The number of anilines is 5. The number of rotatable bonds is 3. The molecule has 0 saturated heterocycles. The Morgan fingerprint density at radius 2 is 1.24 bits per heavy atom. The lowest BCUT2D eigenvalue weighted by atomic mass is 9.43. The maximum Gasteiger partial charge on any atom is 0.333 e. The fraction of sp³-hybridized carbons (Fsp3) is 0.180. The molecule has 0 unspecified atom stereocenters. The zero-order valence-electron chi connectivity index (χ0n) is 38.9. The highest BCUT2D eigenvalue weighted by Gasteiger charge is 2.48. The van der Waals surface area contributed by atoms with Crippen molar-refractivity contribution >= 4 is 99.1 Å². The van der Waals surface area contributed by atoms with E-state index in [0.717, 1.165) is 0 Å². The molecule has 2 aromatic heterocycles. The number of thiophene rings is 2. The summed E-state index contributed by atoms with van der Waals surface area (Å²) in [6, 6.07) is 61.1. The first-order valence-corrected chi connectivity index (χ1v) is 25.1. The van der Waals surface area contributed by atoms with Gasteiger partial charge < -0.3 is 9.71 Å². The van der Waals surface area contributed by atoms with E-state index >= 15 is 0 Å². The molecular weight excluding hydrogens is 836 g/mol. The molecule has 1 aliphatic carbocycles. The lowest BCUT2D eigenvalue weighted by molar-refractivity contribution is 0.590. The summed E-state index contributed by atoms with van der Waals surface area (Å²) in [6.07, 6.45) is 0. The minimum Gasteiger partial charge on any atom is -0.376 e. The normalized spacial score (nSPS) is 14.7. The third-order valence-corrected chi connectivity index (χ3v) is 17.1. The second-order valence-corrected chi connectivity index (χ2v) is 23.4. The van der Waals surface area contributed by atoms with Gasteiger partial charge in [0.2, 0.25) is 0 Å². The van der Waals surface area contributed by atoms with Gasteiger partial charge in [-0.1, -0.05) is 146 Å². The maximum absolute atomic E-state index is 2.72. The van der Waals surface area contributed by atoms with E-state index in [1.54, 1.807) is 0 Å². The van der Waals surface area contributed by atoms with Crippen molar-refractivity contribution in [2.24, 2.45) is 0 Å². The van der Waals surface area contributed by atoms with Crippen LogP contribution in [0.25, 0.3) is 63.6 Å². The van der Waals surface area contributed by atoms with E-state index in [2.05, 4.69) is 228 Å². The van der Waals surface area contributed by atoms with Gasteiger partial charge in [-0.3, -0.25) is 0 Å². The molecule has 0 atom stereocenters. The summed E-state index contributed by atoms with van der Waals surface area (Å²) in [7, 11) is 0. The van der Waals surface area contributed by atoms with Crippen molar-refractivity contribution in [1.29, 1.82) is 0 Å². The molecular formula is C61H51BN2S2. The summed E-state index contributed by atoms with van der Waals surface area (Å²) in [5.74, 6) is 0. The molecule has 2 aliphatic heterocycles. The third-order valence-electron chi connectivity index (χ3n) is 15.0. The molecule has 2 nitrogen and oxygen atoms in total. The number of hydrogen-bond donors (Lipinski definition) is 0. The number of nitrogens with zero attached hydrogens (tertiary/aromatic N) is 2. The smallest absolute Gasteiger partial charge is 0.333 e. The van der Waals surface area contributed by atoms with Gasteiger partial charge in [0, 0.05) is 53.8 Å². The second kappa shape index (κ2) is 13.8. The van der Waals surface area contributed by atoms with Gasteiger partial charge >= 0.3 is 6.85 Å². The molecule has 0 spiro atoms. The SMILES string of the molecule is CC(C)(C)c1ccc(N2B3c4cc5sccc5cc4N(c4ccc(C(C)(C)C)cc4-c4ccccc4)c4c3c(cc3c4sc4ccccc43)-c3cc4c(cc32)C(C)(C)c2ccccc2-4)cc1. The predicted molar refractivity (Wildman–Crippen MR) is 289 cm³/mol. The zero-order valence-corrected chi connectivity index (χ0v) is 40.5. The van der Waals surface area contributed by atoms with Crippen LogP contribution in [-0.4, -0.2) is 6.85 Å². The summed E-state index contributed by atoms with van der Waals surface area (Å²) in [6.45, 7) is 18.7. The van der Waals surface area contributed by atoms with Crippen LogP contribution in [0.3, 0.4) is 0 Å². The summed E-state index contributed by atoms with van der Waals surface area (Å²) in [4.78, 5) is 5.41. The molecule has 13 rings (SSSR count). The average molecular weight is 887 g/mol. The summed E-state index contributed by atoms with van der Waals surface area (Å²) >= 11 is 3.79. The average Bonchev–Trinajstić information content (AvgIpc) is 4.00. The van der Waals surface area contributed by atoms with E-state index in [0.29, 0.717) is 0 Å². The molecule has 0 bridgehead atoms. The van der Waals surface area contributed by atoms with Crippen LogP contribution >= 0.6 is 22.7 Å². The predicted octanol–water partition coefficient (Wildman–Crippen LogP) is 16.5. The van der Waals surface area contributed by atoms with Crippen molar-refractivity contribution in [2.45, 2.75) is 71.6 Å². The lowest BCUT2D eigenvalue weighted by Gasteiger charge is -2.46. The van der Waals surface area contributed by atoms with Gasteiger partial charge in [0.25, 0.3) is 0 Å². The van der Waals surface area contributed by atoms with Crippen molar-refractivity contribution in [3.63, 3.8) is 0 Å². The molecule has 0 saturated carbocycles. The molecule has 0 amide bonds. The van der Waals surface area contributed by atoms with E-state index in [4.69, 9.17) is 0 Å². The molecule has 8 aromatic carbocycles. The van der Waals surface area contributed by atoms with Crippen molar-refractivity contribution in [2.75, 3.05) is 9.71 Å². The maximum atomic E-state index is 2.72. The molecule has 3 aliphatic rings. The number of benzene rings is 8. The fourth-order valence-corrected chi connectivity index (χ4v) is 13.6. The van der Waals surface area contributed by atoms with Gasteiger partial charge in [-0.25, -0.2) is 0 Å². The van der Waals surface area contributed by atoms with Gasteiger partial charge in [0.1, 0.15) is 0 Å². The first kappa shape index (κ1) is 39.9. The largest absolute Gasteiger partial charge is 0.376 e. The first-order valence-electron chi connectivity index (χ1n) is 23.4. The highest BCUT2D eigenvalue weighted by atomic mass is 32.1. The lowest BCUT2D eigenvalue weighted by Crippen LogP contribution is -2.61. The van der Waals surface area contributed by atoms with Crippen LogP contribution in [0.5, 0.6) is 0 Å². The standard InChI is InChI=1S/C61H51BN2S2/c1-59(2,3)38-22-25-40(26-23-38)64-52-34-49-44(41-18-12-14-20-48(41)61(49,7)8)32-45(52)46-33-47-42-19-13-15-21-54(42)66-58(47)57-56(46)62(64)50-35-55-37(28-29-65-55)30-53(50)63(57)51-27-24-39(60(4,5)6)31-43(51)36-16-10-9-11-17-36/h9-35H,1-8H3. The number of hydrogen-bond acceptors (Lipinski definition) is 4. The Kier molecular flexibility index (Phi) is 8.36. The summed E-state index contributed by atoms with van der Waals surface area (Å²) < 4.78 is 3.95. The minimum atomic E-state index is -0.154. The van der Waals surface area contributed by atoms with Crippen molar-refractivity contribution in [1.82, 2.24) is 0 Å². The van der Waals surface area contributed by atoms with Crippen molar-refractivity contribution in [3.05, 3.63) is 185 Å². The van der Waals surface area contributed by atoms with Gasteiger partial charge in [-0.2, -0.15) is 0 Å². The van der Waals surface area contributed by atoms with Gasteiger partial charge in [-0.05, 0) is 144 Å². The van der Waals surface area contributed by atoms with E-state index < -0.39 is 0 Å². The minimum absolute atomic E-state index is 0.0271. The highest BCUT2D eigenvalue weighted by molar-refractivity contribution is 7.26. The number of fused-ring (bicyclic) bond motifs is 12. The molecule has 66 heavy (non-hydrogen) atoms. The fourth-order valence-electron chi connectivity index (χ4n) is 11.5. The van der Waals surface area contributed by atoms with Crippen LogP contribution in [-0.2, 0) is 16.2 Å². The van der Waals surface area contributed by atoms with E-state index in [9.17, 15) is 0 Å². The van der Waals surface area contributed by atoms with E-state index in [1.165, 1.54) is 125 Å². The van der Waals surface area contributed by atoms with Crippen LogP contribution in [0.15, 0.2) is 163 Å². The van der Waals surface area contributed by atoms with Crippen LogP contribution < -0.4 is 20.6 Å². The monoisotopic (exact) mass is 886 g/mol. The first-order chi connectivity index (χ1) is 31.8. The Morgan fingerprint density at radius 3 is 2.03 bits per heavy atom. The zero-order chi connectivity index (χ0) is 45.0. The van der Waals surface area contributed by atoms with Gasteiger partial charge in [0.15, 0.2) is 0 Å². The van der Waals surface area contributed by atoms with Crippen LogP contribution in [0, 0.1) is 0 Å². The van der Waals surface area contributed by atoms with Crippen LogP contribution in [0.1, 0.15) is 77.6 Å². The Bertz CT molecular complexity index is 3650. The Labute approximate surface area is 396 Å². The molecule has 5 heteroatoms. The Hall–Kier alpha value is -6.40. The molecule has 0 radical (unpaired) electrons. The Balaban J connectivity index is 1.21. The quantitative estimate of drug-likeness (QED) is 0.163. The summed E-state index contributed by atoms with van der Waals surface area (Å²) in [5.41, 5.74) is 22.0. The second-order valence-electron chi connectivity index (χ2n) is 21.4. The van der Waals surface area contributed by atoms with Gasteiger partial charge in [0.05, 0.1) is 16.1 Å². The van der Waals surface area contributed by atoms with Crippen LogP contribution in [0.2, 0.25) is 0 Å². The molecule has 0 N–H and O–H groups in total. The highest BCUT2D eigenvalue weighted by Crippen LogP contribution is 2.57. The molecule has 320 valence electrons. The topological polar surface area (TPSA) is 6.48 Å². The third kappa shape index (κ3) is 5.66.